The van der Waals surface area contributed by atoms with Crippen molar-refractivity contribution in [1.29, 1.82) is 0 Å². The van der Waals surface area contributed by atoms with Crippen LogP contribution in [0.3, 0.4) is 0 Å². The number of anilines is 1. The molecule has 2 atom stereocenters. The number of rotatable bonds is 3. The molecule has 4 heteroatoms. The minimum atomic E-state index is -0.979. The zero-order chi connectivity index (χ0) is 16.1. The van der Waals surface area contributed by atoms with E-state index in [-0.39, 0.29) is 28.1 Å². The highest BCUT2D eigenvalue weighted by Gasteiger charge is 2.63. The lowest BCUT2D eigenvalue weighted by Gasteiger charge is -2.31. The Balaban J connectivity index is 1.93. The van der Waals surface area contributed by atoms with Crippen LogP contribution in [0.1, 0.15) is 44.0 Å². The number of para-hydroxylation sites is 1. The number of ketones is 1. The van der Waals surface area contributed by atoms with Crippen LogP contribution in [-0.4, -0.2) is 16.9 Å². The van der Waals surface area contributed by atoms with E-state index in [0.717, 1.165) is 18.4 Å². The van der Waals surface area contributed by atoms with E-state index < -0.39 is 5.97 Å². The average molecular weight is 299 g/mol. The van der Waals surface area contributed by atoms with Crippen LogP contribution in [0.5, 0.6) is 0 Å². The molecule has 2 fully saturated rings. The molecule has 2 bridgehead atoms. The van der Waals surface area contributed by atoms with Crippen molar-refractivity contribution in [1.82, 2.24) is 0 Å². The second-order valence-corrected chi connectivity index (χ2v) is 7.07. The summed E-state index contributed by atoms with van der Waals surface area (Å²) in [5.41, 5.74) is 1.20. The summed E-state index contributed by atoms with van der Waals surface area (Å²) < 4.78 is 0. The SMILES string of the molecule is CC1(C)[C@@H]2CC[C@]1(C)C(=O)/C2=C\Nc1ccccc1C(=O)O. The number of carboxylic acid groups (broad SMARTS) is 1. The van der Waals surface area contributed by atoms with Crippen molar-refractivity contribution in [2.75, 3.05) is 5.32 Å². The molecule has 0 aliphatic heterocycles. The molecule has 0 saturated heterocycles. The summed E-state index contributed by atoms with van der Waals surface area (Å²) in [5, 5.41) is 12.3. The van der Waals surface area contributed by atoms with Gasteiger partial charge in [0.1, 0.15) is 0 Å². The van der Waals surface area contributed by atoms with Crippen molar-refractivity contribution < 1.29 is 14.7 Å². The second-order valence-electron chi connectivity index (χ2n) is 7.07. The molecule has 2 aliphatic rings. The largest absolute Gasteiger partial charge is 0.478 e. The summed E-state index contributed by atoms with van der Waals surface area (Å²) in [6.07, 6.45) is 3.68. The summed E-state index contributed by atoms with van der Waals surface area (Å²) in [6, 6.07) is 6.73. The predicted octanol–water partition coefficient (Wildman–Crippen LogP) is 3.71. The summed E-state index contributed by atoms with van der Waals surface area (Å²) in [4.78, 5) is 24.0. The van der Waals surface area contributed by atoms with Gasteiger partial charge in [-0.05, 0) is 36.3 Å². The molecule has 0 unspecified atom stereocenters. The molecule has 1 aromatic rings. The monoisotopic (exact) mass is 299 g/mol. The standard InChI is InChI=1S/C18H21NO3/c1-17(2)13-8-9-18(17,3)15(20)12(13)10-19-14-7-5-4-6-11(14)16(21)22/h4-7,10,13,19H,8-9H2,1-3H3,(H,21,22)/b12-10-/t13-,18-/m1/s1. The van der Waals surface area contributed by atoms with E-state index >= 15 is 0 Å². The highest BCUT2D eigenvalue weighted by molar-refractivity contribution is 6.05. The van der Waals surface area contributed by atoms with E-state index in [0.29, 0.717) is 5.69 Å². The number of carbonyl (C=O) groups excluding carboxylic acids is 1. The fraction of sp³-hybridized carbons (Fsp3) is 0.444. The number of nitrogens with one attached hydrogen (secondary N) is 1. The van der Waals surface area contributed by atoms with Gasteiger partial charge in [0.2, 0.25) is 0 Å². The summed E-state index contributed by atoms with van der Waals surface area (Å²) in [6.45, 7) is 6.38. The van der Waals surface area contributed by atoms with Crippen molar-refractivity contribution >= 4 is 17.4 Å². The molecule has 4 nitrogen and oxygen atoms in total. The predicted molar refractivity (Wildman–Crippen MR) is 84.7 cm³/mol. The fourth-order valence-corrected chi connectivity index (χ4v) is 4.04. The Labute approximate surface area is 130 Å². The van der Waals surface area contributed by atoms with Gasteiger partial charge in [-0.1, -0.05) is 32.9 Å². The number of benzene rings is 1. The summed E-state index contributed by atoms with van der Waals surface area (Å²) in [5.74, 6) is -0.531. The molecule has 2 saturated carbocycles. The topological polar surface area (TPSA) is 66.4 Å². The normalized spacial score (nSPS) is 30.8. The van der Waals surface area contributed by atoms with Gasteiger partial charge in [0.05, 0.1) is 11.3 Å². The maximum Gasteiger partial charge on any atom is 0.337 e. The van der Waals surface area contributed by atoms with E-state index in [9.17, 15) is 14.7 Å². The fourth-order valence-electron chi connectivity index (χ4n) is 4.04. The number of carboxylic acids is 1. The first-order chi connectivity index (χ1) is 10.3. The van der Waals surface area contributed by atoms with Crippen LogP contribution in [0.2, 0.25) is 0 Å². The lowest BCUT2D eigenvalue weighted by molar-refractivity contribution is -0.125. The van der Waals surface area contributed by atoms with Gasteiger partial charge in [-0.3, -0.25) is 4.79 Å². The van der Waals surface area contributed by atoms with Crippen molar-refractivity contribution in [3.05, 3.63) is 41.6 Å². The Morgan fingerprint density at radius 1 is 1.32 bits per heavy atom. The van der Waals surface area contributed by atoms with Gasteiger partial charge in [0, 0.05) is 17.2 Å². The Kier molecular flexibility index (Phi) is 3.17. The third-order valence-electron chi connectivity index (χ3n) is 5.91. The Morgan fingerprint density at radius 3 is 2.59 bits per heavy atom. The van der Waals surface area contributed by atoms with Crippen LogP contribution in [0.25, 0.3) is 0 Å². The number of aromatic carboxylic acids is 1. The molecule has 116 valence electrons. The van der Waals surface area contributed by atoms with E-state index in [2.05, 4.69) is 26.1 Å². The zero-order valence-electron chi connectivity index (χ0n) is 13.1. The van der Waals surface area contributed by atoms with Crippen LogP contribution in [0.4, 0.5) is 5.69 Å². The van der Waals surface area contributed by atoms with Crippen LogP contribution < -0.4 is 5.32 Å². The van der Waals surface area contributed by atoms with Crippen molar-refractivity contribution in [2.45, 2.75) is 33.6 Å². The van der Waals surface area contributed by atoms with Crippen LogP contribution in [-0.2, 0) is 4.79 Å². The Hall–Kier alpha value is -2.10. The third-order valence-corrected chi connectivity index (χ3v) is 5.91. The lowest BCUT2D eigenvalue weighted by atomic mass is 9.70. The second kappa shape index (κ2) is 4.70. The molecule has 0 heterocycles. The van der Waals surface area contributed by atoms with Crippen LogP contribution in [0, 0.1) is 16.7 Å². The number of hydrogen-bond donors (Lipinski definition) is 2. The number of fused-ring (bicyclic) bond motifs is 2. The van der Waals surface area contributed by atoms with E-state index in [1.165, 1.54) is 0 Å². The molecule has 2 aliphatic carbocycles. The highest BCUT2D eigenvalue weighted by Crippen LogP contribution is 2.65. The number of allylic oxidation sites excluding steroid dienone is 1. The Bertz CT molecular complexity index is 689. The number of carbonyl (C=O) groups is 2. The summed E-state index contributed by atoms with van der Waals surface area (Å²) >= 11 is 0. The number of Topliss-reactive ketones (excluding diaryl/α,β-unsaturated/α-hetero) is 1. The first-order valence-corrected chi connectivity index (χ1v) is 7.63. The van der Waals surface area contributed by atoms with Gasteiger partial charge >= 0.3 is 5.97 Å². The molecule has 1 aromatic carbocycles. The lowest BCUT2D eigenvalue weighted by Crippen LogP contribution is -2.32. The average Bonchev–Trinajstić information content (AvgIpc) is 2.78. The van der Waals surface area contributed by atoms with E-state index in [1.54, 1.807) is 30.5 Å². The molecular weight excluding hydrogens is 278 g/mol. The van der Waals surface area contributed by atoms with Crippen LogP contribution >= 0.6 is 0 Å². The van der Waals surface area contributed by atoms with Gasteiger partial charge in [-0.2, -0.15) is 0 Å². The number of hydrogen-bond acceptors (Lipinski definition) is 3. The molecular formula is C18H21NO3. The van der Waals surface area contributed by atoms with Gasteiger partial charge in [-0.15, -0.1) is 0 Å². The molecule has 0 aromatic heterocycles. The molecule has 2 N–H and O–H groups in total. The van der Waals surface area contributed by atoms with Crippen molar-refractivity contribution in [2.24, 2.45) is 16.7 Å². The van der Waals surface area contributed by atoms with E-state index in [4.69, 9.17) is 0 Å². The maximum atomic E-state index is 12.7. The van der Waals surface area contributed by atoms with Gasteiger partial charge in [0.25, 0.3) is 0 Å². The van der Waals surface area contributed by atoms with Crippen LogP contribution in [0.15, 0.2) is 36.0 Å². The smallest absolute Gasteiger partial charge is 0.337 e. The molecule has 22 heavy (non-hydrogen) atoms. The quantitative estimate of drug-likeness (QED) is 0.835. The van der Waals surface area contributed by atoms with Crippen molar-refractivity contribution in [3.63, 3.8) is 0 Å². The zero-order valence-corrected chi connectivity index (χ0v) is 13.1. The van der Waals surface area contributed by atoms with Gasteiger partial charge in [-0.25, -0.2) is 4.79 Å². The first-order valence-electron chi connectivity index (χ1n) is 7.63. The third kappa shape index (κ3) is 1.83. The summed E-state index contributed by atoms with van der Waals surface area (Å²) in [7, 11) is 0. The minimum absolute atomic E-state index is 0.0378. The first kappa shape index (κ1) is 14.8. The maximum absolute atomic E-state index is 12.7. The van der Waals surface area contributed by atoms with Gasteiger partial charge in [0.15, 0.2) is 5.78 Å². The van der Waals surface area contributed by atoms with Gasteiger partial charge < -0.3 is 10.4 Å². The molecule has 0 amide bonds. The molecule has 0 radical (unpaired) electrons. The van der Waals surface area contributed by atoms with Crippen molar-refractivity contribution in [3.8, 4) is 0 Å². The molecule has 0 spiro atoms. The minimum Gasteiger partial charge on any atom is -0.478 e. The Morgan fingerprint density at radius 2 is 2.00 bits per heavy atom. The highest BCUT2D eigenvalue weighted by atomic mass is 16.4. The molecule has 3 rings (SSSR count). The van der Waals surface area contributed by atoms with E-state index in [1.807, 2.05) is 0 Å².